The Morgan fingerprint density at radius 2 is 1.88 bits per heavy atom. The van der Waals surface area contributed by atoms with E-state index in [1.807, 2.05) is 0 Å². The number of ether oxygens (including phenoxy) is 1. The Kier molecular flexibility index (Phi) is 6.71. The van der Waals surface area contributed by atoms with Gasteiger partial charge >= 0.3 is 6.18 Å². The molecule has 0 radical (unpaired) electrons. The van der Waals surface area contributed by atoms with Gasteiger partial charge < -0.3 is 15.2 Å². The smallest absolute Gasteiger partial charge is 0.417 e. The lowest BCUT2D eigenvalue weighted by atomic mass is 9.73. The molecule has 1 aliphatic rings. The fourth-order valence-corrected chi connectivity index (χ4v) is 4.51. The number of nitrogens with one attached hydrogen (secondary N) is 1. The molecule has 174 valence electrons. The number of benzene rings is 1. The molecular formula is C22H22Cl2F4N2O2. The van der Waals surface area contributed by atoms with Crippen LogP contribution in [0.5, 0.6) is 5.75 Å². The van der Waals surface area contributed by atoms with E-state index in [9.17, 15) is 22.7 Å². The van der Waals surface area contributed by atoms with Crippen molar-refractivity contribution in [2.45, 2.75) is 50.4 Å². The molecule has 2 aromatic rings. The van der Waals surface area contributed by atoms with E-state index in [2.05, 4.69) is 10.3 Å². The average molecular weight is 493 g/mol. The Labute approximate surface area is 193 Å². The molecule has 3 rings (SSSR count). The van der Waals surface area contributed by atoms with Crippen molar-refractivity contribution >= 4 is 29.3 Å². The van der Waals surface area contributed by atoms with Crippen molar-refractivity contribution in [2.24, 2.45) is 0 Å². The summed E-state index contributed by atoms with van der Waals surface area (Å²) < 4.78 is 61.5. The van der Waals surface area contributed by atoms with Gasteiger partial charge in [-0.25, -0.2) is 9.37 Å². The third kappa shape index (κ3) is 4.97. The Morgan fingerprint density at radius 3 is 2.50 bits per heavy atom. The SMILES string of the molecule is COc1ccc(F)cc1C(C)(C)CC(O)(CC1=Cc2cc(Cl)nc(Cl)c2CN1)C(F)(F)F. The molecule has 1 aliphatic heterocycles. The Balaban J connectivity index is 1.98. The number of alkyl halides is 3. The molecule has 1 unspecified atom stereocenters. The van der Waals surface area contributed by atoms with Gasteiger partial charge in [0.25, 0.3) is 0 Å². The molecule has 0 bridgehead atoms. The molecule has 1 aromatic heterocycles. The largest absolute Gasteiger partial charge is 0.496 e. The molecule has 0 fully saturated rings. The lowest BCUT2D eigenvalue weighted by Crippen LogP contribution is -2.50. The van der Waals surface area contributed by atoms with Crippen LogP contribution in [0.1, 0.15) is 43.4 Å². The van der Waals surface area contributed by atoms with Crippen LogP contribution in [-0.4, -0.2) is 29.0 Å². The molecule has 2 heterocycles. The average Bonchev–Trinajstić information content (AvgIpc) is 2.66. The van der Waals surface area contributed by atoms with Crippen LogP contribution in [0.15, 0.2) is 30.0 Å². The first-order valence-electron chi connectivity index (χ1n) is 9.68. The van der Waals surface area contributed by atoms with E-state index in [1.54, 1.807) is 0 Å². The highest BCUT2D eigenvalue weighted by molar-refractivity contribution is 6.33. The molecule has 0 saturated carbocycles. The third-order valence-corrected chi connectivity index (χ3v) is 6.04. The van der Waals surface area contributed by atoms with Gasteiger partial charge in [0.05, 0.1) is 7.11 Å². The first-order chi connectivity index (χ1) is 14.8. The van der Waals surface area contributed by atoms with E-state index < -0.39 is 35.9 Å². The first kappa shape index (κ1) is 24.6. The minimum absolute atomic E-state index is 0.108. The van der Waals surface area contributed by atoms with Gasteiger partial charge in [-0.15, -0.1) is 0 Å². The summed E-state index contributed by atoms with van der Waals surface area (Å²) in [4.78, 5) is 3.92. The number of hydrogen-bond donors (Lipinski definition) is 2. The molecule has 4 nitrogen and oxygen atoms in total. The van der Waals surface area contributed by atoms with Crippen molar-refractivity contribution in [3.05, 3.63) is 62.8 Å². The van der Waals surface area contributed by atoms with Gasteiger partial charge in [-0.3, -0.25) is 0 Å². The predicted molar refractivity (Wildman–Crippen MR) is 115 cm³/mol. The van der Waals surface area contributed by atoms with Crippen molar-refractivity contribution in [2.75, 3.05) is 7.11 Å². The van der Waals surface area contributed by atoms with Crippen LogP contribution in [-0.2, 0) is 12.0 Å². The van der Waals surface area contributed by atoms with Crippen LogP contribution in [0.25, 0.3) is 6.08 Å². The topological polar surface area (TPSA) is 54.4 Å². The van der Waals surface area contributed by atoms with Crippen LogP contribution < -0.4 is 10.1 Å². The first-order valence-corrected chi connectivity index (χ1v) is 10.4. The highest BCUT2D eigenvalue weighted by Gasteiger charge is 2.56. The number of fused-ring (bicyclic) bond motifs is 1. The number of aliphatic hydroxyl groups is 1. The van der Waals surface area contributed by atoms with Crippen LogP contribution in [0.2, 0.25) is 10.3 Å². The standard InChI is InChI=1S/C22H22Cl2F4N2O2/c1-20(2,16-8-13(25)4-5-17(16)32-3)11-21(31,22(26,27)28)9-14-6-12-7-18(23)30-19(24)15(12)10-29-14/h4-8,29,31H,9-11H2,1-3H3. The van der Waals surface area contributed by atoms with Gasteiger partial charge in [-0.2, -0.15) is 13.2 Å². The molecule has 1 atom stereocenters. The molecule has 1 aromatic carbocycles. The van der Waals surface area contributed by atoms with Gasteiger partial charge in [-0.1, -0.05) is 37.0 Å². The van der Waals surface area contributed by atoms with Gasteiger partial charge in [-0.05, 0) is 47.7 Å². The lowest BCUT2D eigenvalue weighted by Gasteiger charge is -2.39. The van der Waals surface area contributed by atoms with Crippen LogP contribution in [0, 0.1) is 5.82 Å². The highest BCUT2D eigenvalue weighted by Crippen LogP contribution is 2.46. The summed E-state index contributed by atoms with van der Waals surface area (Å²) in [6.45, 7) is 3.15. The quantitative estimate of drug-likeness (QED) is 0.381. The zero-order valence-electron chi connectivity index (χ0n) is 17.6. The highest BCUT2D eigenvalue weighted by atomic mass is 35.5. The predicted octanol–water partition coefficient (Wildman–Crippen LogP) is 6.03. The molecule has 0 aliphatic carbocycles. The van der Waals surface area contributed by atoms with Crippen LogP contribution >= 0.6 is 23.2 Å². The fraction of sp³-hybridized carbons (Fsp3) is 0.409. The van der Waals surface area contributed by atoms with E-state index in [-0.39, 0.29) is 33.9 Å². The summed E-state index contributed by atoms with van der Waals surface area (Å²) in [5, 5.41) is 14.0. The molecule has 0 saturated heterocycles. The summed E-state index contributed by atoms with van der Waals surface area (Å²) in [6, 6.07) is 5.13. The van der Waals surface area contributed by atoms with Crippen molar-refractivity contribution in [1.82, 2.24) is 10.3 Å². The normalized spacial score (nSPS) is 16.0. The van der Waals surface area contributed by atoms with Crippen molar-refractivity contribution < 1.29 is 27.4 Å². The third-order valence-electron chi connectivity index (χ3n) is 5.53. The minimum atomic E-state index is -4.96. The number of rotatable bonds is 6. The fourth-order valence-electron chi connectivity index (χ4n) is 4.00. The van der Waals surface area contributed by atoms with Crippen molar-refractivity contribution in [3.63, 3.8) is 0 Å². The summed E-state index contributed by atoms with van der Waals surface area (Å²) in [5.41, 5.74) is -2.87. The van der Waals surface area contributed by atoms with Crippen molar-refractivity contribution in [3.8, 4) is 5.75 Å². The van der Waals surface area contributed by atoms with Gasteiger partial charge in [0.1, 0.15) is 21.9 Å². The number of methoxy groups -OCH3 is 1. The van der Waals surface area contributed by atoms with Crippen molar-refractivity contribution in [1.29, 1.82) is 0 Å². The molecule has 0 spiro atoms. The zero-order chi connectivity index (χ0) is 23.9. The Hall–Kier alpha value is -2.03. The van der Waals surface area contributed by atoms with E-state index >= 15 is 0 Å². The summed E-state index contributed by atoms with van der Waals surface area (Å²) in [7, 11) is 1.35. The number of halogens is 6. The van der Waals surface area contributed by atoms with E-state index in [4.69, 9.17) is 27.9 Å². The minimum Gasteiger partial charge on any atom is -0.496 e. The molecule has 10 heteroatoms. The maximum atomic E-state index is 14.1. The van der Waals surface area contributed by atoms with Gasteiger partial charge in [0.2, 0.25) is 0 Å². The number of aromatic nitrogens is 1. The van der Waals surface area contributed by atoms with E-state index in [0.717, 1.165) is 12.1 Å². The summed E-state index contributed by atoms with van der Waals surface area (Å²) >= 11 is 12.0. The zero-order valence-corrected chi connectivity index (χ0v) is 19.1. The number of hydrogen-bond acceptors (Lipinski definition) is 4. The van der Waals surface area contributed by atoms with Gasteiger partial charge in [0.15, 0.2) is 5.60 Å². The summed E-state index contributed by atoms with van der Waals surface area (Å²) in [6.07, 6.45) is -4.96. The molecular weight excluding hydrogens is 471 g/mol. The second kappa shape index (κ2) is 8.72. The maximum absolute atomic E-state index is 14.1. The van der Waals surface area contributed by atoms with Gasteiger partial charge in [0, 0.05) is 29.8 Å². The number of pyridine rings is 1. The second-order valence-electron chi connectivity index (χ2n) is 8.44. The lowest BCUT2D eigenvalue weighted by molar-refractivity contribution is -0.266. The maximum Gasteiger partial charge on any atom is 0.417 e. The summed E-state index contributed by atoms with van der Waals surface area (Å²) in [5.74, 6) is -0.373. The van der Waals surface area contributed by atoms with Crippen LogP contribution in [0.4, 0.5) is 17.6 Å². The number of nitrogens with zero attached hydrogens (tertiary/aromatic N) is 1. The second-order valence-corrected chi connectivity index (χ2v) is 9.18. The van der Waals surface area contributed by atoms with E-state index in [1.165, 1.54) is 39.2 Å². The molecule has 2 N–H and O–H groups in total. The molecule has 0 amide bonds. The Bertz CT molecular complexity index is 1060. The molecule has 32 heavy (non-hydrogen) atoms. The van der Waals surface area contributed by atoms with E-state index in [0.29, 0.717) is 11.1 Å². The van der Waals surface area contributed by atoms with Crippen LogP contribution in [0.3, 0.4) is 0 Å². The monoisotopic (exact) mass is 492 g/mol. The Morgan fingerprint density at radius 1 is 1.19 bits per heavy atom.